The van der Waals surface area contributed by atoms with E-state index < -0.39 is 0 Å². The molecule has 0 aromatic heterocycles. The van der Waals surface area contributed by atoms with E-state index in [1.165, 1.54) is 20.5 Å². The van der Waals surface area contributed by atoms with E-state index in [9.17, 15) is 0 Å². The van der Waals surface area contributed by atoms with Gasteiger partial charge in [0.1, 0.15) is 0 Å². The fourth-order valence-electron chi connectivity index (χ4n) is 2.30. The van der Waals surface area contributed by atoms with Gasteiger partial charge in [0.05, 0.1) is 0 Å². The normalized spacial score (nSPS) is 15.6. The molecule has 3 rings (SSSR count). The van der Waals surface area contributed by atoms with Crippen LogP contribution in [0.1, 0.15) is 0 Å². The molecule has 0 saturated carbocycles. The summed E-state index contributed by atoms with van der Waals surface area (Å²) in [6.07, 6.45) is 0. The predicted octanol–water partition coefficient (Wildman–Crippen LogP) is 1.61. The van der Waals surface area contributed by atoms with Gasteiger partial charge in [-0.15, -0.1) is 0 Å². The Bertz CT molecular complexity index is 568. The van der Waals surface area contributed by atoms with Crippen LogP contribution < -0.4 is 9.80 Å². The Labute approximate surface area is 135 Å². The van der Waals surface area contributed by atoms with Crippen molar-refractivity contribution in [2.24, 2.45) is 0 Å². The fourth-order valence-corrected chi connectivity index (χ4v) is 3.56. The summed E-state index contributed by atoms with van der Waals surface area (Å²) in [5, 5.41) is 0. The van der Waals surface area contributed by atoms with Crippen LogP contribution in [0, 0.1) is 0 Å². The van der Waals surface area contributed by atoms with Crippen molar-refractivity contribution in [1.82, 2.24) is 0 Å². The molecular weight excluding hydrogens is 378 g/mol. The van der Waals surface area contributed by atoms with Crippen LogP contribution in [0.5, 0.6) is 0 Å². The molecule has 1 fully saturated rings. The third-order valence-corrected chi connectivity index (χ3v) is 4.79. The van der Waals surface area contributed by atoms with Gasteiger partial charge in [-0.3, -0.25) is 0 Å². The molecule has 0 radical (unpaired) electrons. The molecule has 2 nitrogen and oxygen atoms in total. The van der Waals surface area contributed by atoms with E-state index in [4.69, 9.17) is 0 Å². The zero-order chi connectivity index (χ0) is 13.9. The number of para-hydroxylation sites is 2. The number of benzene rings is 2. The van der Waals surface area contributed by atoms with Gasteiger partial charge in [0.2, 0.25) is 0 Å². The Hall–Kier alpha value is -1.18. The maximum atomic E-state index is 3.22. The Morgan fingerprint density at radius 2 is 0.950 bits per heavy atom. The molecule has 0 N–H and O–H groups in total. The molecule has 2 aromatic rings. The second-order valence-corrected chi connectivity index (χ2v) is 6.61. The first-order valence-corrected chi connectivity index (χ1v) is 8.18. The maximum absolute atomic E-state index is 3.22. The molecule has 0 unspecified atom stereocenters. The van der Waals surface area contributed by atoms with Crippen molar-refractivity contribution < 1.29 is 0 Å². The van der Waals surface area contributed by atoms with E-state index in [1.54, 1.807) is 0 Å². The van der Waals surface area contributed by atoms with Gasteiger partial charge in [0, 0.05) is 0 Å². The summed E-state index contributed by atoms with van der Waals surface area (Å²) in [7, 11) is 0. The third-order valence-electron chi connectivity index (χ3n) is 3.32. The molecule has 100 valence electrons. The summed E-state index contributed by atoms with van der Waals surface area (Å²) in [4.78, 5) is 4.62. The second-order valence-electron chi connectivity index (χ2n) is 4.63. The van der Waals surface area contributed by atoms with Gasteiger partial charge in [-0.2, -0.15) is 0 Å². The summed E-state index contributed by atoms with van der Waals surface area (Å²) in [5.74, 6) is 0. The standard InChI is InChI=1S/C16H14N2Se2/c19-15-12-18(14-9-5-2-6-10-14)16(20)11-17(15)13-7-3-1-4-8-13/h1-10H,11-12H2. The first-order valence-electron chi connectivity index (χ1n) is 6.46. The predicted molar refractivity (Wildman–Crippen MR) is 89.1 cm³/mol. The molecule has 1 aliphatic rings. The minimum atomic E-state index is 0.862. The summed E-state index contributed by atoms with van der Waals surface area (Å²) in [6, 6.07) is 21.0. The summed E-state index contributed by atoms with van der Waals surface area (Å²) in [6.45, 7) is 1.72. The van der Waals surface area contributed by atoms with Crippen LogP contribution in [0.4, 0.5) is 11.4 Å². The Morgan fingerprint density at radius 1 is 0.600 bits per heavy atom. The molecule has 1 heterocycles. The first kappa shape index (κ1) is 13.8. The second kappa shape index (κ2) is 6.07. The number of nitrogens with zero attached hydrogens (tertiary/aromatic N) is 2. The van der Waals surface area contributed by atoms with E-state index in [2.05, 4.69) is 89.5 Å². The van der Waals surface area contributed by atoms with Crippen molar-refractivity contribution in [3.63, 3.8) is 0 Å². The summed E-state index contributed by atoms with van der Waals surface area (Å²) >= 11 is 6.44. The molecule has 0 spiro atoms. The van der Waals surface area contributed by atoms with Crippen LogP contribution in [0.2, 0.25) is 0 Å². The van der Waals surface area contributed by atoms with E-state index in [-0.39, 0.29) is 0 Å². The minimum absolute atomic E-state index is 0.862. The molecule has 2 aromatic carbocycles. The van der Waals surface area contributed by atoms with Gasteiger partial charge < -0.3 is 0 Å². The molecular formula is C16H14N2Se2. The number of hydrogen-bond donors (Lipinski definition) is 0. The third kappa shape index (κ3) is 2.79. The Balaban J connectivity index is 1.84. The molecule has 0 aliphatic carbocycles. The first-order chi connectivity index (χ1) is 9.75. The molecule has 20 heavy (non-hydrogen) atoms. The van der Waals surface area contributed by atoms with Crippen molar-refractivity contribution in [1.29, 1.82) is 0 Å². The topological polar surface area (TPSA) is 6.48 Å². The Kier molecular flexibility index (Phi) is 4.18. The van der Waals surface area contributed by atoms with Crippen LogP contribution >= 0.6 is 0 Å². The van der Waals surface area contributed by atoms with Gasteiger partial charge >= 0.3 is 135 Å². The van der Waals surface area contributed by atoms with Crippen LogP contribution in [-0.2, 0) is 0 Å². The molecule has 0 bridgehead atoms. The number of rotatable bonds is 2. The summed E-state index contributed by atoms with van der Waals surface area (Å²) < 4.78 is 2.47. The van der Waals surface area contributed by atoms with Gasteiger partial charge in [-0.1, -0.05) is 0 Å². The molecule has 1 aliphatic heterocycles. The van der Waals surface area contributed by atoms with Crippen molar-refractivity contribution >= 4 is 51.6 Å². The molecule has 4 heteroatoms. The van der Waals surface area contributed by atoms with Crippen LogP contribution in [0.15, 0.2) is 60.7 Å². The van der Waals surface area contributed by atoms with E-state index >= 15 is 0 Å². The monoisotopic (exact) mass is 394 g/mol. The van der Waals surface area contributed by atoms with E-state index in [0.717, 1.165) is 13.1 Å². The van der Waals surface area contributed by atoms with Crippen molar-refractivity contribution in [2.45, 2.75) is 0 Å². The Morgan fingerprint density at radius 3 is 1.30 bits per heavy atom. The van der Waals surface area contributed by atoms with Crippen molar-refractivity contribution in [2.75, 3.05) is 22.9 Å². The van der Waals surface area contributed by atoms with Crippen molar-refractivity contribution in [3.05, 3.63) is 60.7 Å². The molecule has 1 saturated heterocycles. The molecule has 0 atom stereocenters. The molecule has 0 amide bonds. The van der Waals surface area contributed by atoms with Gasteiger partial charge in [-0.25, -0.2) is 0 Å². The SMILES string of the molecule is [Se]=C1CN(c2ccccc2)C(=[Se])CN1c1ccccc1. The zero-order valence-electron chi connectivity index (χ0n) is 10.9. The van der Waals surface area contributed by atoms with Gasteiger partial charge in [0.15, 0.2) is 0 Å². The van der Waals surface area contributed by atoms with Crippen LogP contribution in [0.3, 0.4) is 0 Å². The van der Waals surface area contributed by atoms with Crippen LogP contribution in [-0.4, -0.2) is 53.3 Å². The fraction of sp³-hybridized carbons (Fsp3) is 0.125. The van der Waals surface area contributed by atoms with Gasteiger partial charge in [-0.05, 0) is 0 Å². The summed E-state index contributed by atoms with van der Waals surface area (Å²) in [5.41, 5.74) is 2.45. The van der Waals surface area contributed by atoms with E-state index in [1.807, 2.05) is 12.1 Å². The zero-order valence-corrected chi connectivity index (χ0v) is 14.3. The van der Waals surface area contributed by atoms with Crippen LogP contribution in [0.25, 0.3) is 0 Å². The number of piperazine rings is 1. The number of anilines is 2. The van der Waals surface area contributed by atoms with Crippen molar-refractivity contribution in [3.8, 4) is 0 Å². The average molecular weight is 392 g/mol. The quantitative estimate of drug-likeness (QED) is 0.717. The van der Waals surface area contributed by atoms with Gasteiger partial charge in [0.25, 0.3) is 0 Å². The van der Waals surface area contributed by atoms with E-state index in [0.29, 0.717) is 0 Å². The number of hydrogen-bond acceptors (Lipinski definition) is 2. The average Bonchev–Trinajstić information content (AvgIpc) is 2.51.